The van der Waals surface area contributed by atoms with Crippen molar-refractivity contribution in [3.05, 3.63) is 78.6 Å². The summed E-state index contributed by atoms with van der Waals surface area (Å²) in [5, 5.41) is 9.11. The van der Waals surface area contributed by atoms with Crippen LogP contribution in [0.3, 0.4) is 0 Å². The Hall–Kier alpha value is -3.80. The Balaban J connectivity index is 1.64. The van der Waals surface area contributed by atoms with Gasteiger partial charge in [0.1, 0.15) is 11.3 Å². The predicted molar refractivity (Wildman–Crippen MR) is 117 cm³/mol. The molecule has 2 aromatic carbocycles. The van der Waals surface area contributed by atoms with Crippen LogP contribution in [0.1, 0.15) is 18.2 Å². The summed E-state index contributed by atoms with van der Waals surface area (Å²) in [6.07, 6.45) is 5.61. The van der Waals surface area contributed by atoms with Gasteiger partial charge in [0.2, 0.25) is 5.91 Å². The van der Waals surface area contributed by atoms with Gasteiger partial charge < -0.3 is 20.4 Å². The topological polar surface area (TPSA) is 83.4 Å². The minimum atomic E-state index is -0.316. The lowest BCUT2D eigenvalue weighted by atomic mass is 10.1. The van der Waals surface area contributed by atoms with Crippen LogP contribution in [-0.2, 0) is 11.2 Å². The largest absolute Gasteiger partial charge is 0.460 e. The van der Waals surface area contributed by atoms with Crippen molar-refractivity contribution in [3.8, 4) is 0 Å². The zero-order valence-electron chi connectivity index (χ0n) is 16.2. The van der Waals surface area contributed by atoms with Gasteiger partial charge in [0, 0.05) is 41.4 Å². The maximum atomic E-state index is 12.3. The number of hydrogen-bond donors (Lipinski definition) is 3. The standard InChI is InChI=1S/C23H23N3O3/c1-3-15-24-23(28)26-17-11-9-16(10-12-17)25-22(27)14-13-19-18-7-5-6-8-21(18)29-20(19)4-2/h3,5-14H,1,4,15H2,2H3,(H,25,27)(H2,24,26,28)/b14-13+. The van der Waals surface area contributed by atoms with E-state index < -0.39 is 0 Å². The lowest BCUT2D eigenvalue weighted by molar-refractivity contribution is -0.111. The fourth-order valence-electron chi connectivity index (χ4n) is 2.88. The molecule has 0 bridgehead atoms. The molecular formula is C23H23N3O3. The first-order valence-corrected chi connectivity index (χ1v) is 9.36. The molecule has 0 spiro atoms. The number of carbonyl (C=O) groups is 2. The van der Waals surface area contributed by atoms with Gasteiger partial charge in [-0.1, -0.05) is 31.2 Å². The first-order valence-electron chi connectivity index (χ1n) is 9.36. The van der Waals surface area contributed by atoms with Crippen LogP contribution in [-0.4, -0.2) is 18.5 Å². The van der Waals surface area contributed by atoms with Gasteiger partial charge in [-0.25, -0.2) is 4.79 Å². The van der Waals surface area contributed by atoms with Crippen LogP contribution in [0, 0.1) is 0 Å². The van der Waals surface area contributed by atoms with Crippen molar-refractivity contribution in [2.75, 3.05) is 17.2 Å². The monoisotopic (exact) mass is 389 g/mol. The van der Waals surface area contributed by atoms with Gasteiger partial charge in [-0.05, 0) is 36.4 Å². The molecule has 6 heteroatoms. The van der Waals surface area contributed by atoms with E-state index in [1.54, 1.807) is 36.4 Å². The summed E-state index contributed by atoms with van der Waals surface area (Å²) >= 11 is 0. The lowest BCUT2D eigenvalue weighted by Gasteiger charge is -2.07. The highest BCUT2D eigenvalue weighted by Crippen LogP contribution is 2.27. The van der Waals surface area contributed by atoms with Crippen LogP contribution >= 0.6 is 0 Å². The number of anilines is 2. The van der Waals surface area contributed by atoms with Crippen molar-refractivity contribution in [2.24, 2.45) is 0 Å². The molecule has 3 rings (SSSR count). The Morgan fingerprint density at radius 1 is 1.03 bits per heavy atom. The summed E-state index contributed by atoms with van der Waals surface area (Å²) in [7, 11) is 0. The number of furan rings is 1. The van der Waals surface area contributed by atoms with Gasteiger partial charge in [-0.2, -0.15) is 0 Å². The van der Waals surface area contributed by atoms with Crippen molar-refractivity contribution in [1.82, 2.24) is 5.32 Å². The normalized spacial score (nSPS) is 10.8. The molecule has 6 nitrogen and oxygen atoms in total. The predicted octanol–water partition coefficient (Wildman–Crippen LogP) is 4.95. The molecule has 0 aliphatic heterocycles. The van der Waals surface area contributed by atoms with Gasteiger partial charge in [0.15, 0.2) is 0 Å². The van der Waals surface area contributed by atoms with Crippen LogP contribution in [0.5, 0.6) is 0 Å². The van der Waals surface area contributed by atoms with E-state index in [0.717, 1.165) is 28.7 Å². The minimum Gasteiger partial charge on any atom is -0.460 e. The van der Waals surface area contributed by atoms with E-state index in [-0.39, 0.29) is 11.9 Å². The van der Waals surface area contributed by atoms with Crippen LogP contribution in [0.2, 0.25) is 0 Å². The number of aryl methyl sites for hydroxylation is 1. The van der Waals surface area contributed by atoms with E-state index in [0.29, 0.717) is 17.9 Å². The quantitative estimate of drug-likeness (QED) is 0.395. The highest BCUT2D eigenvalue weighted by molar-refractivity contribution is 6.03. The maximum absolute atomic E-state index is 12.3. The summed E-state index contributed by atoms with van der Waals surface area (Å²) in [6.45, 7) is 5.94. The van der Waals surface area contributed by atoms with E-state index in [1.165, 1.54) is 6.08 Å². The average Bonchev–Trinajstić information content (AvgIpc) is 3.10. The number of benzene rings is 2. The van der Waals surface area contributed by atoms with Crippen molar-refractivity contribution in [3.63, 3.8) is 0 Å². The summed E-state index contributed by atoms with van der Waals surface area (Å²) in [5.74, 6) is 0.599. The van der Waals surface area contributed by atoms with E-state index in [2.05, 4.69) is 22.5 Å². The summed E-state index contributed by atoms with van der Waals surface area (Å²) < 4.78 is 5.84. The van der Waals surface area contributed by atoms with E-state index in [9.17, 15) is 9.59 Å². The number of urea groups is 1. The fourth-order valence-corrected chi connectivity index (χ4v) is 2.88. The number of fused-ring (bicyclic) bond motifs is 1. The maximum Gasteiger partial charge on any atom is 0.319 e. The van der Waals surface area contributed by atoms with Gasteiger partial charge in [-0.15, -0.1) is 6.58 Å². The molecule has 0 aliphatic rings. The molecule has 0 radical (unpaired) electrons. The minimum absolute atomic E-state index is 0.248. The van der Waals surface area contributed by atoms with Crippen LogP contribution in [0.15, 0.2) is 71.7 Å². The summed E-state index contributed by atoms with van der Waals surface area (Å²) in [6, 6.07) is 14.3. The molecule has 3 amide bonds. The molecule has 29 heavy (non-hydrogen) atoms. The van der Waals surface area contributed by atoms with Crippen molar-refractivity contribution < 1.29 is 14.0 Å². The smallest absolute Gasteiger partial charge is 0.319 e. The molecule has 0 atom stereocenters. The Labute approximate surface area is 169 Å². The molecule has 1 heterocycles. The number of rotatable bonds is 7. The number of hydrogen-bond acceptors (Lipinski definition) is 3. The second kappa shape index (κ2) is 9.41. The average molecular weight is 389 g/mol. The molecule has 0 saturated carbocycles. The zero-order chi connectivity index (χ0) is 20.6. The SMILES string of the molecule is C=CCNC(=O)Nc1ccc(NC(=O)/C=C/c2c(CC)oc3ccccc23)cc1. The molecule has 1 aromatic heterocycles. The zero-order valence-corrected chi connectivity index (χ0v) is 16.2. The van der Waals surface area contributed by atoms with Gasteiger partial charge in [0.05, 0.1) is 0 Å². The highest BCUT2D eigenvalue weighted by Gasteiger charge is 2.10. The molecule has 148 valence electrons. The molecule has 0 aliphatic carbocycles. The molecule has 0 fully saturated rings. The summed E-state index contributed by atoms with van der Waals surface area (Å²) in [5.41, 5.74) is 2.98. The number of para-hydroxylation sites is 1. The van der Waals surface area contributed by atoms with E-state index >= 15 is 0 Å². The van der Waals surface area contributed by atoms with Crippen LogP contribution in [0.4, 0.5) is 16.2 Å². The lowest BCUT2D eigenvalue weighted by Crippen LogP contribution is -2.28. The third-order valence-corrected chi connectivity index (χ3v) is 4.25. The second-order valence-electron chi connectivity index (χ2n) is 6.31. The molecule has 3 aromatic rings. The molecular weight excluding hydrogens is 366 g/mol. The van der Waals surface area contributed by atoms with Gasteiger partial charge >= 0.3 is 6.03 Å². The van der Waals surface area contributed by atoms with Crippen LogP contribution in [0.25, 0.3) is 17.0 Å². The van der Waals surface area contributed by atoms with Crippen LogP contribution < -0.4 is 16.0 Å². The molecule has 0 unspecified atom stereocenters. The molecule has 3 N–H and O–H groups in total. The highest BCUT2D eigenvalue weighted by atomic mass is 16.3. The Morgan fingerprint density at radius 2 is 1.72 bits per heavy atom. The summed E-state index contributed by atoms with van der Waals surface area (Å²) in [4.78, 5) is 23.9. The van der Waals surface area contributed by atoms with Gasteiger partial charge in [-0.3, -0.25) is 4.79 Å². The Kier molecular flexibility index (Phi) is 6.47. The molecule has 0 saturated heterocycles. The van der Waals surface area contributed by atoms with E-state index in [1.807, 2.05) is 31.2 Å². The Bertz CT molecular complexity index is 1050. The van der Waals surface area contributed by atoms with Crippen molar-refractivity contribution in [1.29, 1.82) is 0 Å². The van der Waals surface area contributed by atoms with E-state index in [4.69, 9.17) is 4.42 Å². The number of amides is 3. The van der Waals surface area contributed by atoms with Crippen molar-refractivity contribution in [2.45, 2.75) is 13.3 Å². The second-order valence-corrected chi connectivity index (χ2v) is 6.31. The number of nitrogens with one attached hydrogen (secondary N) is 3. The first kappa shape index (κ1) is 19.9. The van der Waals surface area contributed by atoms with Crippen molar-refractivity contribution >= 4 is 40.4 Å². The van der Waals surface area contributed by atoms with Gasteiger partial charge in [0.25, 0.3) is 0 Å². The third-order valence-electron chi connectivity index (χ3n) is 4.25. The third kappa shape index (κ3) is 5.13. The first-order chi connectivity index (χ1) is 14.1. The fraction of sp³-hybridized carbons (Fsp3) is 0.130. The Morgan fingerprint density at radius 3 is 2.41 bits per heavy atom. The number of carbonyl (C=O) groups excluding carboxylic acids is 2.